The van der Waals surface area contributed by atoms with Crippen LogP contribution in [0.15, 0.2) is 35.4 Å². The number of halogens is 1. The number of rotatable bonds is 4. The van der Waals surface area contributed by atoms with Crippen LogP contribution in [-0.4, -0.2) is 18.6 Å². The van der Waals surface area contributed by atoms with Crippen LogP contribution in [0.3, 0.4) is 0 Å². The van der Waals surface area contributed by atoms with E-state index < -0.39 is 15.8 Å². The normalized spacial score (nSPS) is 11.5. The minimum absolute atomic E-state index is 0.00744. The Kier molecular flexibility index (Phi) is 3.96. The summed E-state index contributed by atoms with van der Waals surface area (Å²) in [5.74, 6) is -0.613. The van der Waals surface area contributed by atoms with Crippen molar-refractivity contribution in [3.63, 3.8) is 0 Å². The molecule has 2 aromatic rings. The largest absolute Gasteiger partial charge is 0.396 e. The number of nitrogens with zero attached hydrogens (tertiary/aromatic N) is 2. The van der Waals surface area contributed by atoms with Crippen LogP contribution in [0, 0.1) is 12.7 Å². The highest BCUT2D eigenvalue weighted by Gasteiger charge is 2.17. The van der Waals surface area contributed by atoms with Gasteiger partial charge in [0, 0.05) is 6.20 Å². The molecule has 0 unspecified atom stereocenters. The smallest absolute Gasteiger partial charge is 0.241 e. The van der Waals surface area contributed by atoms with E-state index in [1.54, 1.807) is 12.1 Å². The molecule has 1 aromatic carbocycles. The molecular weight excluding hydrogens is 283 g/mol. The van der Waals surface area contributed by atoms with Crippen molar-refractivity contribution in [1.82, 2.24) is 14.9 Å². The zero-order valence-corrected chi connectivity index (χ0v) is 11.5. The fraction of sp³-hybridized carbons (Fsp3) is 0.167. The zero-order valence-electron chi connectivity index (χ0n) is 10.7. The number of hydrogen-bond donors (Lipinski definition) is 2. The Balaban J connectivity index is 2.23. The molecule has 0 saturated carbocycles. The van der Waals surface area contributed by atoms with E-state index in [0.717, 1.165) is 6.07 Å². The second kappa shape index (κ2) is 5.51. The Bertz CT molecular complexity index is 696. The van der Waals surface area contributed by atoms with Gasteiger partial charge in [-0.1, -0.05) is 0 Å². The first kappa shape index (κ1) is 14.4. The Morgan fingerprint density at radius 2 is 2.15 bits per heavy atom. The number of aryl methyl sites for hydroxylation is 1. The van der Waals surface area contributed by atoms with Crippen LogP contribution in [-0.2, 0) is 16.6 Å². The summed E-state index contributed by atoms with van der Waals surface area (Å²) in [7, 11) is -3.78. The molecule has 0 fully saturated rings. The molecule has 3 N–H and O–H groups in total. The summed E-state index contributed by atoms with van der Waals surface area (Å²) in [6.07, 6.45) is 1.49. The van der Waals surface area contributed by atoms with Crippen molar-refractivity contribution in [2.24, 2.45) is 0 Å². The first-order chi connectivity index (χ1) is 9.40. The van der Waals surface area contributed by atoms with Gasteiger partial charge in [-0.25, -0.2) is 17.5 Å². The Morgan fingerprint density at radius 3 is 2.75 bits per heavy atom. The van der Waals surface area contributed by atoms with Crippen molar-refractivity contribution < 1.29 is 12.8 Å². The van der Waals surface area contributed by atoms with Crippen LogP contribution in [0.4, 0.5) is 10.1 Å². The van der Waals surface area contributed by atoms with E-state index in [4.69, 9.17) is 5.73 Å². The van der Waals surface area contributed by atoms with Crippen LogP contribution >= 0.6 is 0 Å². The van der Waals surface area contributed by atoms with Crippen LogP contribution < -0.4 is 10.5 Å². The lowest BCUT2D eigenvalue weighted by Gasteiger charge is -2.09. The number of nitrogen functional groups attached to an aromatic ring is 1. The quantitative estimate of drug-likeness (QED) is 0.820. The molecule has 2 rings (SSSR count). The molecule has 8 heteroatoms. The summed E-state index contributed by atoms with van der Waals surface area (Å²) in [5, 5.41) is 7.41. The van der Waals surface area contributed by atoms with Crippen molar-refractivity contribution in [1.29, 1.82) is 0 Å². The minimum Gasteiger partial charge on any atom is -0.396 e. The average Bonchev–Trinajstić information content (AvgIpc) is 2.43. The maximum absolute atomic E-state index is 13.4. The monoisotopic (exact) mass is 296 g/mol. The van der Waals surface area contributed by atoms with Gasteiger partial charge in [0.1, 0.15) is 5.82 Å². The highest BCUT2D eigenvalue weighted by Crippen LogP contribution is 2.20. The predicted molar refractivity (Wildman–Crippen MR) is 71.6 cm³/mol. The van der Waals surface area contributed by atoms with E-state index in [1.165, 1.54) is 19.2 Å². The van der Waals surface area contributed by atoms with Gasteiger partial charge in [-0.3, -0.25) is 0 Å². The third kappa shape index (κ3) is 3.09. The number of anilines is 1. The molecule has 1 aromatic heterocycles. The summed E-state index contributed by atoms with van der Waals surface area (Å²) in [6.45, 7) is 1.44. The molecule has 0 amide bonds. The fourth-order valence-corrected chi connectivity index (χ4v) is 2.72. The van der Waals surface area contributed by atoms with Crippen molar-refractivity contribution in [3.05, 3.63) is 47.5 Å². The first-order valence-electron chi connectivity index (χ1n) is 5.72. The van der Waals surface area contributed by atoms with Crippen molar-refractivity contribution in [3.8, 4) is 0 Å². The molecule has 0 saturated heterocycles. The van der Waals surface area contributed by atoms with Crippen LogP contribution in [0.5, 0.6) is 0 Å². The third-order valence-electron chi connectivity index (χ3n) is 2.64. The fourth-order valence-electron chi connectivity index (χ4n) is 1.60. The van der Waals surface area contributed by atoms with Crippen molar-refractivity contribution in [2.45, 2.75) is 18.4 Å². The average molecular weight is 296 g/mol. The highest BCUT2D eigenvalue weighted by molar-refractivity contribution is 7.89. The van der Waals surface area contributed by atoms with Crippen LogP contribution in [0.1, 0.15) is 11.3 Å². The summed E-state index contributed by atoms with van der Waals surface area (Å²) < 4.78 is 39.9. The summed E-state index contributed by atoms with van der Waals surface area (Å²) in [5.41, 5.74) is 5.88. The minimum atomic E-state index is -3.78. The highest BCUT2D eigenvalue weighted by atomic mass is 32.2. The lowest BCUT2D eigenvalue weighted by atomic mass is 10.2. The molecule has 6 nitrogen and oxygen atoms in total. The van der Waals surface area contributed by atoms with Gasteiger partial charge in [0.25, 0.3) is 0 Å². The van der Waals surface area contributed by atoms with E-state index in [2.05, 4.69) is 14.9 Å². The zero-order chi connectivity index (χ0) is 14.8. The molecule has 0 aliphatic carbocycles. The Labute approximate surface area is 115 Å². The number of benzene rings is 1. The number of aromatic nitrogens is 2. The second-order valence-electron chi connectivity index (χ2n) is 4.18. The van der Waals surface area contributed by atoms with Crippen LogP contribution in [0.25, 0.3) is 0 Å². The molecule has 0 aliphatic rings. The van der Waals surface area contributed by atoms with E-state index in [0.29, 0.717) is 5.69 Å². The van der Waals surface area contributed by atoms with E-state index in [9.17, 15) is 12.8 Å². The van der Waals surface area contributed by atoms with Gasteiger partial charge in [-0.2, -0.15) is 10.2 Å². The predicted octanol–water partition coefficient (Wildman–Crippen LogP) is 0.985. The summed E-state index contributed by atoms with van der Waals surface area (Å²) in [6, 6.07) is 5.60. The molecule has 20 heavy (non-hydrogen) atoms. The first-order valence-corrected chi connectivity index (χ1v) is 7.20. The molecular formula is C12H13FN4O2S. The SMILES string of the molecule is Cc1cc(S(=O)(=O)NCc2cccnn2)cc(N)c1F. The van der Waals surface area contributed by atoms with Gasteiger partial charge in [-0.15, -0.1) is 0 Å². The van der Waals surface area contributed by atoms with Gasteiger partial charge in [0.15, 0.2) is 0 Å². The number of sulfonamides is 1. The number of hydrogen-bond acceptors (Lipinski definition) is 5. The van der Waals surface area contributed by atoms with Gasteiger partial charge >= 0.3 is 0 Å². The molecule has 0 radical (unpaired) electrons. The van der Waals surface area contributed by atoms with Gasteiger partial charge in [-0.05, 0) is 36.8 Å². The van der Waals surface area contributed by atoms with Gasteiger partial charge in [0.2, 0.25) is 10.0 Å². The maximum atomic E-state index is 13.4. The Hall–Kier alpha value is -2.06. The van der Waals surface area contributed by atoms with Crippen LogP contribution in [0.2, 0.25) is 0 Å². The third-order valence-corrected chi connectivity index (χ3v) is 4.02. The maximum Gasteiger partial charge on any atom is 0.241 e. The topological polar surface area (TPSA) is 98.0 Å². The van der Waals surface area contributed by atoms with Gasteiger partial charge < -0.3 is 5.73 Å². The Morgan fingerprint density at radius 1 is 1.40 bits per heavy atom. The number of nitrogens with two attached hydrogens (primary N) is 1. The van der Waals surface area contributed by atoms with E-state index in [1.807, 2.05) is 0 Å². The molecule has 0 atom stereocenters. The van der Waals surface area contributed by atoms with Crippen molar-refractivity contribution >= 4 is 15.7 Å². The molecule has 106 valence electrons. The lowest BCUT2D eigenvalue weighted by Crippen LogP contribution is -2.24. The second-order valence-corrected chi connectivity index (χ2v) is 5.95. The van der Waals surface area contributed by atoms with Gasteiger partial charge in [0.05, 0.1) is 22.8 Å². The van der Waals surface area contributed by atoms with E-state index in [-0.39, 0.29) is 22.7 Å². The molecule has 0 bridgehead atoms. The summed E-state index contributed by atoms with van der Waals surface area (Å²) in [4.78, 5) is -0.0854. The molecule has 0 aliphatic heterocycles. The molecule has 1 heterocycles. The number of nitrogens with one attached hydrogen (secondary N) is 1. The van der Waals surface area contributed by atoms with Crippen molar-refractivity contribution in [2.75, 3.05) is 5.73 Å². The lowest BCUT2D eigenvalue weighted by molar-refractivity contribution is 0.578. The standard InChI is InChI=1S/C12H13FN4O2S/c1-8-5-10(6-11(14)12(8)13)20(18,19)16-7-9-3-2-4-15-17-9/h2-6,16H,7,14H2,1H3. The summed E-state index contributed by atoms with van der Waals surface area (Å²) >= 11 is 0. The van der Waals surface area contributed by atoms with E-state index >= 15 is 0 Å². The molecule has 0 spiro atoms.